The first-order valence-corrected chi connectivity index (χ1v) is 13.7. The third kappa shape index (κ3) is 7.49. The van der Waals surface area contributed by atoms with Gasteiger partial charge in [-0.15, -0.1) is 0 Å². The molecule has 202 valence electrons. The number of halogens is 2. The van der Waals surface area contributed by atoms with Crippen LogP contribution in [0.3, 0.4) is 0 Å². The van der Waals surface area contributed by atoms with Crippen molar-refractivity contribution >= 4 is 33.2 Å². The van der Waals surface area contributed by atoms with E-state index < -0.39 is 22.5 Å². The van der Waals surface area contributed by atoms with Crippen molar-refractivity contribution in [3.8, 4) is 11.5 Å². The van der Waals surface area contributed by atoms with Crippen LogP contribution < -0.4 is 19.1 Å². The number of methoxy groups -OCH3 is 1. The number of carbonyl (C=O) groups excluding carboxylic acids is 1. The number of amides is 1. The van der Waals surface area contributed by atoms with Gasteiger partial charge in [0.05, 0.1) is 17.7 Å². The third-order valence-electron chi connectivity index (χ3n) is 5.78. The van der Waals surface area contributed by atoms with Crippen LogP contribution in [-0.2, 0) is 28.0 Å². The van der Waals surface area contributed by atoms with Gasteiger partial charge in [-0.3, -0.25) is 9.10 Å². The molecule has 4 rings (SSSR count). The van der Waals surface area contributed by atoms with Gasteiger partial charge in [-0.05, 0) is 83.9 Å². The maximum atomic E-state index is 13.5. The van der Waals surface area contributed by atoms with Crippen molar-refractivity contribution in [2.24, 2.45) is 0 Å². The van der Waals surface area contributed by atoms with Crippen LogP contribution in [-0.4, -0.2) is 28.0 Å². The number of hydrogen-bond donors (Lipinski definition) is 1. The molecule has 7 nitrogen and oxygen atoms in total. The molecule has 0 aromatic heterocycles. The highest BCUT2D eigenvalue weighted by Gasteiger charge is 2.27. The Morgan fingerprint density at radius 3 is 2.05 bits per heavy atom. The lowest BCUT2D eigenvalue weighted by Gasteiger charge is -2.24. The number of carbonyl (C=O) groups is 1. The van der Waals surface area contributed by atoms with E-state index in [0.717, 1.165) is 15.4 Å². The van der Waals surface area contributed by atoms with Crippen molar-refractivity contribution in [2.75, 3.05) is 18.0 Å². The zero-order chi connectivity index (χ0) is 27.8. The van der Waals surface area contributed by atoms with Gasteiger partial charge in [0, 0.05) is 11.6 Å². The molecule has 0 radical (unpaired) electrons. The molecular formula is C29H26ClFN2O5S. The van der Waals surface area contributed by atoms with Gasteiger partial charge in [0.25, 0.3) is 10.0 Å². The van der Waals surface area contributed by atoms with Crippen molar-refractivity contribution in [1.29, 1.82) is 0 Å². The van der Waals surface area contributed by atoms with E-state index in [9.17, 15) is 17.6 Å². The molecule has 1 N–H and O–H groups in total. The molecule has 0 unspecified atom stereocenters. The van der Waals surface area contributed by atoms with Crippen molar-refractivity contribution in [3.05, 3.63) is 119 Å². The first kappa shape index (κ1) is 27.9. The molecule has 4 aromatic rings. The predicted molar refractivity (Wildman–Crippen MR) is 148 cm³/mol. The van der Waals surface area contributed by atoms with E-state index in [-0.39, 0.29) is 17.3 Å². The molecule has 4 aromatic carbocycles. The van der Waals surface area contributed by atoms with Crippen LogP contribution in [0.25, 0.3) is 0 Å². The number of benzene rings is 4. The molecule has 0 spiro atoms. The third-order valence-corrected chi connectivity index (χ3v) is 7.82. The minimum atomic E-state index is -4.07. The Morgan fingerprint density at radius 1 is 0.846 bits per heavy atom. The molecular weight excluding hydrogens is 543 g/mol. The van der Waals surface area contributed by atoms with Gasteiger partial charge < -0.3 is 14.8 Å². The van der Waals surface area contributed by atoms with E-state index in [2.05, 4.69) is 5.32 Å². The van der Waals surface area contributed by atoms with Gasteiger partial charge in [-0.1, -0.05) is 35.9 Å². The molecule has 0 aliphatic carbocycles. The predicted octanol–water partition coefficient (Wildman–Crippen LogP) is 5.58. The average molecular weight is 569 g/mol. The lowest BCUT2D eigenvalue weighted by atomic mass is 10.2. The number of nitrogens with zero attached hydrogens (tertiary/aromatic N) is 1. The topological polar surface area (TPSA) is 84.9 Å². The lowest BCUT2D eigenvalue weighted by Crippen LogP contribution is -2.40. The number of nitrogens with one attached hydrogen (secondary N) is 1. The number of sulfonamides is 1. The number of hydrogen-bond acceptors (Lipinski definition) is 5. The zero-order valence-electron chi connectivity index (χ0n) is 21.0. The molecule has 0 aliphatic heterocycles. The minimum Gasteiger partial charge on any atom is -0.497 e. The highest BCUT2D eigenvalue weighted by molar-refractivity contribution is 7.92. The number of rotatable bonds is 11. The van der Waals surface area contributed by atoms with Gasteiger partial charge in [0.1, 0.15) is 30.5 Å². The normalized spacial score (nSPS) is 11.1. The second kappa shape index (κ2) is 12.6. The van der Waals surface area contributed by atoms with E-state index in [1.54, 1.807) is 72.8 Å². The quantitative estimate of drug-likeness (QED) is 0.255. The Kier molecular flexibility index (Phi) is 9.06. The van der Waals surface area contributed by atoms with Gasteiger partial charge in [-0.2, -0.15) is 0 Å². The Bertz CT molecular complexity index is 1500. The summed E-state index contributed by atoms with van der Waals surface area (Å²) in [5.74, 6) is 0.337. The standard InChI is InChI=1S/C29H26ClFN2O5S/c1-37-26-14-16-28(17-15-26)39(35,36)33(25-10-6-23(30)7-11-25)19-29(34)32-18-21-4-12-27(13-5-21)38-20-22-2-8-24(31)9-3-22/h2-17H,18-20H2,1H3,(H,32,34). The Hall–Kier alpha value is -4.08. The molecule has 0 bridgehead atoms. The van der Waals surface area contributed by atoms with Crippen LogP contribution in [0.4, 0.5) is 10.1 Å². The molecule has 0 saturated heterocycles. The SMILES string of the molecule is COc1ccc(S(=O)(=O)N(CC(=O)NCc2ccc(OCc3ccc(F)cc3)cc2)c2ccc(Cl)cc2)cc1. The monoisotopic (exact) mass is 568 g/mol. The average Bonchev–Trinajstić information content (AvgIpc) is 2.95. The molecule has 0 fully saturated rings. The maximum absolute atomic E-state index is 13.5. The van der Waals surface area contributed by atoms with Gasteiger partial charge in [0.15, 0.2) is 0 Å². The van der Waals surface area contributed by atoms with Crippen molar-refractivity contribution in [3.63, 3.8) is 0 Å². The van der Waals surface area contributed by atoms with Crippen LogP contribution in [0.15, 0.2) is 102 Å². The largest absolute Gasteiger partial charge is 0.497 e. The fourth-order valence-electron chi connectivity index (χ4n) is 3.64. The summed E-state index contributed by atoms with van der Waals surface area (Å²) in [4.78, 5) is 12.9. The zero-order valence-corrected chi connectivity index (χ0v) is 22.6. The summed E-state index contributed by atoms with van der Waals surface area (Å²) in [6.07, 6.45) is 0. The van der Waals surface area contributed by atoms with Gasteiger partial charge in [-0.25, -0.2) is 12.8 Å². The smallest absolute Gasteiger partial charge is 0.264 e. The number of ether oxygens (including phenoxy) is 2. The molecule has 0 saturated carbocycles. The van der Waals surface area contributed by atoms with Gasteiger partial charge in [0.2, 0.25) is 5.91 Å². The lowest BCUT2D eigenvalue weighted by molar-refractivity contribution is -0.119. The summed E-state index contributed by atoms with van der Waals surface area (Å²) < 4.78 is 51.9. The summed E-state index contributed by atoms with van der Waals surface area (Å²) in [5.41, 5.74) is 1.93. The van der Waals surface area contributed by atoms with Crippen LogP contribution in [0.2, 0.25) is 5.02 Å². The molecule has 0 aliphatic rings. The molecule has 10 heteroatoms. The van der Waals surface area contributed by atoms with Crippen LogP contribution in [0.1, 0.15) is 11.1 Å². The van der Waals surface area contributed by atoms with Crippen molar-refractivity contribution in [1.82, 2.24) is 5.32 Å². The summed E-state index contributed by atoms with van der Waals surface area (Å²) in [6, 6.07) is 25.3. The first-order chi connectivity index (χ1) is 18.7. The maximum Gasteiger partial charge on any atom is 0.264 e. The Labute approximate surface area is 231 Å². The van der Waals surface area contributed by atoms with Crippen molar-refractivity contribution in [2.45, 2.75) is 18.0 Å². The Balaban J connectivity index is 1.40. The highest BCUT2D eigenvalue weighted by Crippen LogP contribution is 2.26. The van der Waals surface area contributed by atoms with E-state index in [4.69, 9.17) is 21.1 Å². The van der Waals surface area contributed by atoms with Crippen LogP contribution in [0.5, 0.6) is 11.5 Å². The van der Waals surface area contributed by atoms with Crippen LogP contribution >= 0.6 is 11.6 Å². The molecule has 0 heterocycles. The number of anilines is 1. The minimum absolute atomic E-state index is 0.0160. The first-order valence-electron chi connectivity index (χ1n) is 11.9. The van der Waals surface area contributed by atoms with Gasteiger partial charge >= 0.3 is 0 Å². The Morgan fingerprint density at radius 2 is 1.44 bits per heavy atom. The fraction of sp³-hybridized carbons (Fsp3) is 0.138. The van der Waals surface area contributed by atoms with Crippen molar-refractivity contribution < 1.29 is 27.1 Å². The highest BCUT2D eigenvalue weighted by atomic mass is 35.5. The fourth-order valence-corrected chi connectivity index (χ4v) is 5.18. The van der Waals surface area contributed by atoms with Crippen LogP contribution in [0, 0.1) is 5.82 Å². The summed E-state index contributed by atoms with van der Waals surface area (Å²) in [6.45, 7) is 0.0442. The second-order valence-electron chi connectivity index (χ2n) is 8.50. The molecule has 39 heavy (non-hydrogen) atoms. The molecule has 1 amide bonds. The van der Waals surface area contributed by atoms with E-state index in [1.165, 1.54) is 31.4 Å². The van der Waals surface area contributed by atoms with E-state index in [1.807, 2.05) is 0 Å². The summed E-state index contributed by atoms with van der Waals surface area (Å²) >= 11 is 5.99. The van der Waals surface area contributed by atoms with E-state index >= 15 is 0 Å². The van der Waals surface area contributed by atoms with E-state index in [0.29, 0.717) is 28.8 Å². The summed E-state index contributed by atoms with van der Waals surface area (Å²) in [5, 5.41) is 3.21. The molecule has 0 atom stereocenters. The second-order valence-corrected chi connectivity index (χ2v) is 10.8. The summed E-state index contributed by atoms with van der Waals surface area (Å²) in [7, 11) is -2.58.